The summed E-state index contributed by atoms with van der Waals surface area (Å²) in [5, 5.41) is 16.7. The van der Waals surface area contributed by atoms with Gasteiger partial charge >= 0.3 is 5.97 Å². The van der Waals surface area contributed by atoms with Gasteiger partial charge in [0.05, 0.1) is 11.4 Å². The number of hydrogen-bond donors (Lipinski definition) is 1. The van der Waals surface area contributed by atoms with Gasteiger partial charge in [0.1, 0.15) is 0 Å². The van der Waals surface area contributed by atoms with Gasteiger partial charge in [-0.1, -0.05) is 34.5 Å². The molecule has 5 nitrogen and oxygen atoms in total. The Morgan fingerprint density at radius 2 is 2.06 bits per heavy atom. The summed E-state index contributed by atoms with van der Waals surface area (Å²) in [6.07, 6.45) is 1.47. The van der Waals surface area contributed by atoms with E-state index in [4.69, 9.17) is 5.11 Å². The highest BCUT2D eigenvalue weighted by Crippen LogP contribution is 2.17. The van der Waals surface area contributed by atoms with Crippen LogP contribution in [0, 0.1) is 0 Å². The molecule has 0 atom stereocenters. The van der Waals surface area contributed by atoms with Crippen molar-refractivity contribution in [3.8, 4) is 5.69 Å². The van der Waals surface area contributed by atoms with Gasteiger partial charge in [0.25, 0.3) is 0 Å². The molecule has 0 radical (unpaired) electrons. The van der Waals surface area contributed by atoms with Crippen LogP contribution in [0.25, 0.3) is 5.69 Å². The van der Waals surface area contributed by atoms with Crippen molar-refractivity contribution in [1.82, 2.24) is 15.0 Å². The quantitative estimate of drug-likeness (QED) is 0.943. The van der Waals surface area contributed by atoms with Gasteiger partial charge in [-0.15, -0.1) is 5.10 Å². The van der Waals surface area contributed by atoms with Crippen molar-refractivity contribution >= 4 is 21.9 Å². The molecule has 0 aliphatic heterocycles. The van der Waals surface area contributed by atoms with E-state index in [-0.39, 0.29) is 5.69 Å². The molecule has 18 heavy (non-hydrogen) atoms. The van der Waals surface area contributed by atoms with Gasteiger partial charge in [0.15, 0.2) is 5.69 Å². The van der Waals surface area contributed by atoms with Gasteiger partial charge < -0.3 is 5.11 Å². The highest BCUT2D eigenvalue weighted by atomic mass is 79.9. The molecular weight excluding hydrogens is 298 g/mol. The molecule has 1 heterocycles. The molecule has 0 bridgehead atoms. The first-order valence-corrected chi connectivity index (χ1v) is 6.36. The normalized spacial score (nSPS) is 10.6. The highest BCUT2D eigenvalue weighted by Gasteiger charge is 2.18. The molecular formula is C12H12BrN3O2. The lowest BCUT2D eigenvalue weighted by molar-refractivity contribution is 0.0689. The largest absolute Gasteiger partial charge is 0.476 e. The summed E-state index contributed by atoms with van der Waals surface area (Å²) in [4.78, 5) is 11.1. The summed E-state index contributed by atoms with van der Waals surface area (Å²) >= 11 is 3.36. The number of benzene rings is 1. The van der Waals surface area contributed by atoms with Crippen LogP contribution in [0.1, 0.15) is 29.5 Å². The summed E-state index contributed by atoms with van der Waals surface area (Å²) < 4.78 is 2.54. The SMILES string of the molecule is CCCc1c(C(=O)O)nnn1-c1ccc(Br)cc1. The Bertz CT molecular complexity index is 563. The molecule has 2 rings (SSSR count). The molecule has 94 valence electrons. The number of halogens is 1. The van der Waals surface area contributed by atoms with Gasteiger partial charge in [0.2, 0.25) is 0 Å². The molecule has 0 unspecified atom stereocenters. The van der Waals surface area contributed by atoms with Crippen molar-refractivity contribution in [3.63, 3.8) is 0 Å². The van der Waals surface area contributed by atoms with Crippen LogP contribution < -0.4 is 0 Å². The number of carboxylic acid groups (broad SMARTS) is 1. The lowest BCUT2D eigenvalue weighted by atomic mass is 10.2. The summed E-state index contributed by atoms with van der Waals surface area (Å²) in [5.74, 6) is -1.04. The van der Waals surface area contributed by atoms with E-state index in [2.05, 4.69) is 26.2 Å². The second kappa shape index (κ2) is 5.30. The third-order valence-electron chi connectivity index (χ3n) is 2.52. The molecule has 0 aliphatic carbocycles. The van der Waals surface area contributed by atoms with E-state index in [1.54, 1.807) is 4.68 Å². The number of nitrogens with zero attached hydrogens (tertiary/aromatic N) is 3. The number of carboxylic acids is 1. The number of aromatic nitrogens is 3. The Labute approximate surface area is 113 Å². The van der Waals surface area contributed by atoms with E-state index in [1.165, 1.54) is 0 Å². The van der Waals surface area contributed by atoms with E-state index in [1.807, 2.05) is 31.2 Å². The Morgan fingerprint density at radius 1 is 1.39 bits per heavy atom. The maximum Gasteiger partial charge on any atom is 0.358 e. The molecule has 1 aromatic heterocycles. The summed E-state index contributed by atoms with van der Waals surface area (Å²) in [6.45, 7) is 1.99. The fourth-order valence-electron chi connectivity index (χ4n) is 1.72. The number of aromatic carboxylic acids is 1. The van der Waals surface area contributed by atoms with Gasteiger partial charge in [0, 0.05) is 4.47 Å². The van der Waals surface area contributed by atoms with Crippen LogP contribution in [-0.4, -0.2) is 26.1 Å². The maximum absolute atomic E-state index is 11.1. The molecule has 0 saturated carbocycles. The predicted molar refractivity (Wildman–Crippen MR) is 70.0 cm³/mol. The third kappa shape index (κ3) is 2.43. The predicted octanol–water partition coefficient (Wildman–Crippen LogP) is 2.68. The van der Waals surface area contributed by atoms with Crippen LogP contribution in [0.5, 0.6) is 0 Å². The summed E-state index contributed by atoms with van der Waals surface area (Å²) in [7, 11) is 0. The Kier molecular flexibility index (Phi) is 3.76. The van der Waals surface area contributed by atoms with Crippen molar-refractivity contribution < 1.29 is 9.90 Å². The Balaban J connectivity index is 2.50. The Morgan fingerprint density at radius 3 is 2.61 bits per heavy atom. The molecule has 1 aromatic carbocycles. The minimum absolute atomic E-state index is 0.0276. The van der Waals surface area contributed by atoms with Crippen molar-refractivity contribution in [2.45, 2.75) is 19.8 Å². The monoisotopic (exact) mass is 309 g/mol. The number of carbonyl (C=O) groups is 1. The van der Waals surface area contributed by atoms with Gasteiger partial charge in [-0.25, -0.2) is 9.48 Å². The second-order valence-corrected chi connectivity index (χ2v) is 4.74. The van der Waals surface area contributed by atoms with Gasteiger partial charge in [-0.05, 0) is 30.7 Å². The van der Waals surface area contributed by atoms with Crippen LogP contribution in [0.3, 0.4) is 0 Å². The summed E-state index contributed by atoms with van der Waals surface area (Å²) in [6, 6.07) is 7.49. The van der Waals surface area contributed by atoms with Crippen LogP contribution in [0.15, 0.2) is 28.7 Å². The van der Waals surface area contributed by atoms with Crippen LogP contribution in [-0.2, 0) is 6.42 Å². The zero-order valence-corrected chi connectivity index (χ0v) is 11.4. The minimum Gasteiger partial charge on any atom is -0.476 e. The molecule has 0 saturated heterocycles. The molecule has 0 fully saturated rings. The highest BCUT2D eigenvalue weighted by molar-refractivity contribution is 9.10. The molecule has 0 amide bonds. The zero-order valence-electron chi connectivity index (χ0n) is 9.80. The first-order valence-electron chi connectivity index (χ1n) is 5.57. The minimum atomic E-state index is -1.04. The average molecular weight is 310 g/mol. The van der Waals surface area contributed by atoms with Crippen molar-refractivity contribution in [2.75, 3.05) is 0 Å². The number of rotatable bonds is 4. The van der Waals surface area contributed by atoms with E-state index < -0.39 is 5.97 Å². The first kappa shape index (κ1) is 12.8. The van der Waals surface area contributed by atoms with Crippen molar-refractivity contribution in [1.29, 1.82) is 0 Å². The van der Waals surface area contributed by atoms with Gasteiger partial charge in [-0.3, -0.25) is 0 Å². The molecule has 0 spiro atoms. The van der Waals surface area contributed by atoms with E-state index >= 15 is 0 Å². The lowest BCUT2D eigenvalue weighted by Gasteiger charge is -2.05. The molecule has 0 aliphatic rings. The Hall–Kier alpha value is -1.69. The standard InChI is InChI=1S/C12H12BrN3O2/c1-2-3-10-11(12(17)18)14-15-16(10)9-6-4-8(13)5-7-9/h4-7H,2-3H2,1H3,(H,17,18). The number of hydrogen-bond acceptors (Lipinski definition) is 3. The summed E-state index contributed by atoms with van der Waals surface area (Å²) in [5.41, 5.74) is 1.47. The first-order chi connectivity index (χ1) is 8.63. The van der Waals surface area contributed by atoms with E-state index in [0.717, 1.165) is 16.6 Å². The van der Waals surface area contributed by atoms with Crippen LogP contribution >= 0.6 is 15.9 Å². The van der Waals surface area contributed by atoms with Gasteiger partial charge in [-0.2, -0.15) is 0 Å². The fraction of sp³-hybridized carbons (Fsp3) is 0.250. The lowest BCUT2D eigenvalue weighted by Crippen LogP contribution is -2.06. The molecule has 1 N–H and O–H groups in total. The average Bonchev–Trinajstić information content (AvgIpc) is 2.74. The maximum atomic E-state index is 11.1. The van der Waals surface area contributed by atoms with Crippen LogP contribution in [0.4, 0.5) is 0 Å². The van der Waals surface area contributed by atoms with Crippen molar-refractivity contribution in [2.24, 2.45) is 0 Å². The zero-order chi connectivity index (χ0) is 13.1. The van der Waals surface area contributed by atoms with Crippen molar-refractivity contribution in [3.05, 3.63) is 40.1 Å². The molecule has 2 aromatic rings. The van der Waals surface area contributed by atoms with Crippen LogP contribution in [0.2, 0.25) is 0 Å². The second-order valence-electron chi connectivity index (χ2n) is 3.83. The van der Waals surface area contributed by atoms with E-state index in [9.17, 15) is 4.79 Å². The van der Waals surface area contributed by atoms with E-state index in [0.29, 0.717) is 12.1 Å². The smallest absolute Gasteiger partial charge is 0.358 e. The molecule has 6 heteroatoms. The fourth-order valence-corrected chi connectivity index (χ4v) is 1.98. The third-order valence-corrected chi connectivity index (χ3v) is 3.05. The topological polar surface area (TPSA) is 68.0 Å².